The van der Waals surface area contributed by atoms with Crippen molar-refractivity contribution in [3.63, 3.8) is 0 Å². The SMILES string of the molecule is Cc1ccc(CCCCNC(=O)Cc2ccc3[nH]c(=O)c(C)cc3c2)cc1. The number of hydrogen-bond donors (Lipinski definition) is 2. The van der Waals surface area contributed by atoms with E-state index in [1.807, 2.05) is 24.3 Å². The lowest BCUT2D eigenvalue weighted by molar-refractivity contribution is -0.120. The van der Waals surface area contributed by atoms with Crippen LogP contribution in [0.5, 0.6) is 0 Å². The number of nitrogens with one attached hydrogen (secondary N) is 2. The number of H-pyrrole nitrogens is 1. The summed E-state index contributed by atoms with van der Waals surface area (Å²) in [6, 6.07) is 16.2. The highest BCUT2D eigenvalue weighted by atomic mass is 16.1. The molecule has 27 heavy (non-hydrogen) atoms. The summed E-state index contributed by atoms with van der Waals surface area (Å²) in [5.41, 5.74) is 4.98. The van der Waals surface area contributed by atoms with E-state index in [1.165, 1.54) is 11.1 Å². The lowest BCUT2D eigenvalue weighted by Gasteiger charge is -2.07. The fraction of sp³-hybridized carbons (Fsp3) is 0.304. The van der Waals surface area contributed by atoms with E-state index < -0.39 is 0 Å². The molecule has 0 atom stereocenters. The third-order valence-corrected chi connectivity index (χ3v) is 4.79. The van der Waals surface area contributed by atoms with Crippen molar-refractivity contribution in [2.24, 2.45) is 0 Å². The quantitative estimate of drug-likeness (QED) is 0.628. The van der Waals surface area contributed by atoms with Gasteiger partial charge in [-0.15, -0.1) is 0 Å². The van der Waals surface area contributed by atoms with Gasteiger partial charge in [0.05, 0.1) is 6.42 Å². The molecule has 140 valence electrons. The van der Waals surface area contributed by atoms with Gasteiger partial charge in [0.25, 0.3) is 5.56 Å². The number of aryl methyl sites for hydroxylation is 3. The molecule has 4 heteroatoms. The number of rotatable bonds is 7. The van der Waals surface area contributed by atoms with E-state index in [-0.39, 0.29) is 11.5 Å². The molecular weight excluding hydrogens is 336 g/mol. The van der Waals surface area contributed by atoms with Gasteiger partial charge in [-0.2, -0.15) is 0 Å². The first kappa shape index (κ1) is 18.9. The number of carbonyl (C=O) groups excluding carboxylic acids is 1. The summed E-state index contributed by atoms with van der Waals surface area (Å²) in [5.74, 6) is 0.0332. The number of pyridine rings is 1. The molecule has 0 saturated carbocycles. The van der Waals surface area contributed by atoms with Crippen LogP contribution in [-0.2, 0) is 17.6 Å². The Labute approximate surface area is 159 Å². The zero-order chi connectivity index (χ0) is 19.2. The largest absolute Gasteiger partial charge is 0.356 e. The van der Waals surface area contributed by atoms with Crippen molar-refractivity contribution in [2.45, 2.75) is 39.5 Å². The van der Waals surface area contributed by atoms with Gasteiger partial charge in [-0.25, -0.2) is 0 Å². The van der Waals surface area contributed by atoms with Gasteiger partial charge in [-0.05, 0) is 67.8 Å². The molecule has 1 heterocycles. The number of aromatic nitrogens is 1. The first-order valence-corrected chi connectivity index (χ1v) is 9.46. The van der Waals surface area contributed by atoms with Crippen molar-refractivity contribution < 1.29 is 4.79 Å². The van der Waals surface area contributed by atoms with Crippen LogP contribution < -0.4 is 10.9 Å². The molecule has 0 unspecified atom stereocenters. The Kier molecular flexibility index (Phi) is 6.07. The van der Waals surface area contributed by atoms with Crippen LogP contribution in [0.4, 0.5) is 0 Å². The summed E-state index contributed by atoms with van der Waals surface area (Å²) in [6.07, 6.45) is 3.42. The monoisotopic (exact) mass is 362 g/mol. The maximum Gasteiger partial charge on any atom is 0.251 e. The van der Waals surface area contributed by atoms with E-state index in [0.29, 0.717) is 18.5 Å². The lowest BCUT2D eigenvalue weighted by atomic mass is 10.1. The van der Waals surface area contributed by atoms with Crippen molar-refractivity contribution in [1.29, 1.82) is 0 Å². The highest BCUT2D eigenvalue weighted by molar-refractivity contribution is 5.83. The van der Waals surface area contributed by atoms with Crippen LogP contribution in [0.1, 0.15) is 35.1 Å². The molecule has 2 aromatic carbocycles. The molecule has 2 N–H and O–H groups in total. The molecule has 0 spiro atoms. The topological polar surface area (TPSA) is 62.0 Å². The van der Waals surface area contributed by atoms with Crippen molar-refractivity contribution >= 4 is 16.8 Å². The molecule has 3 aromatic rings. The number of unbranched alkanes of at least 4 members (excludes halogenated alkanes) is 1. The fourth-order valence-corrected chi connectivity index (χ4v) is 3.16. The van der Waals surface area contributed by atoms with E-state index in [1.54, 1.807) is 6.92 Å². The van der Waals surface area contributed by atoms with Crippen molar-refractivity contribution in [3.8, 4) is 0 Å². The Bertz CT molecular complexity index is 987. The molecule has 0 aliphatic rings. The number of fused-ring (bicyclic) bond motifs is 1. The third-order valence-electron chi connectivity index (χ3n) is 4.79. The van der Waals surface area contributed by atoms with Crippen LogP contribution in [0, 0.1) is 13.8 Å². The maximum atomic E-state index is 12.2. The van der Waals surface area contributed by atoms with Crippen molar-refractivity contribution in [1.82, 2.24) is 10.3 Å². The van der Waals surface area contributed by atoms with Gasteiger partial charge in [-0.3, -0.25) is 9.59 Å². The van der Waals surface area contributed by atoms with Gasteiger partial charge in [0.2, 0.25) is 5.91 Å². The van der Waals surface area contributed by atoms with Crippen molar-refractivity contribution in [3.05, 3.63) is 81.1 Å². The number of carbonyl (C=O) groups is 1. The smallest absolute Gasteiger partial charge is 0.251 e. The molecule has 0 fully saturated rings. The lowest BCUT2D eigenvalue weighted by Crippen LogP contribution is -2.26. The van der Waals surface area contributed by atoms with E-state index in [4.69, 9.17) is 0 Å². The van der Waals surface area contributed by atoms with Gasteiger partial charge in [-0.1, -0.05) is 35.9 Å². The van der Waals surface area contributed by atoms with Crippen LogP contribution in [0.25, 0.3) is 10.9 Å². The Morgan fingerprint density at radius 1 is 0.963 bits per heavy atom. The van der Waals surface area contributed by atoms with Gasteiger partial charge in [0, 0.05) is 17.6 Å². The average molecular weight is 362 g/mol. The molecular formula is C23H26N2O2. The van der Waals surface area contributed by atoms with Gasteiger partial charge < -0.3 is 10.3 Å². The predicted molar refractivity (Wildman–Crippen MR) is 110 cm³/mol. The summed E-state index contributed by atoms with van der Waals surface area (Å²) in [5, 5.41) is 3.95. The minimum absolute atomic E-state index is 0.0332. The van der Waals surface area contributed by atoms with Gasteiger partial charge in [0.15, 0.2) is 0 Å². The first-order valence-electron chi connectivity index (χ1n) is 9.46. The molecule has 4 nitrogen and oxygen atoms in total. The molecule has 0 radical (unpaired) electrons. The summed E-state index contributed by atoms with van der Waals surface area (Å²) in [6.45, 7) is 4.58. The molecule has 1 amide bonds. The minimum Gasteiger partial charge on any atom is -0.356 e. The van der Waals surface area contributed by atoms with E-state index >= 15 is 0 Å². The van der Waals surface area contributed by atoms with Crippen LogP contribution >= 0.6 is 0 Å². The van der Waals surface area contributed by atoms with Crippen LogP contribution in [0.3, 0.4) is 0 Å². The number of hydrogen-bond acceptors (Lipinski definition) is 2. The Morgan fingerprint density at radius 3 is 2.48 bits per heavy atom. The van der Waals surface area contributed by atoms with Crippen molar-refractivity contribution in [2.75, 3.05) is 6.54 Å². The number of benzene rings is 2. The standard InChI is InChI=1S/C23H26N2O2/c1-16-6-8-18(9-7-16)5-3-4-12-24-22(26)15-19-10-11-21-20(14-19)13-17(2)23(27)25-21/h6-11,13-14H,3-5,12,15H2,1-2H3,(H,24,26)(H,25,27). The molecule has 1 aromatic heterocycles. The number of amides is 1. The summed E-state index contributed by atoms with van der Waals surface area (Å²) >= 11 is 0. The van der Waals surface area contributed by atoms with Crippen LogP contribution in [-0.4, -0.2) is 17.4 Å². The second-order valence-electron chi connectivity index (χ2n) is 7.17. The average Bonchev–Trinajstić information content (AvgIpc) is 2.64. The highest BCUT2D eigenvalue weighted by Crippen LogP contribution is 2.14. The van der Waals surface area contributed by atoms with Gasteiger partial charge in [0.1, 0.15) is 0 Å². The van der Waals surface area contributed by atoms with Crippen LogP contribution in [0.15, 0.2) is 53.3 Å². The predicted octanol–water partition coefficient (Wildman–Crippen LogP) is 3.83. The van der Waals surface area contributed by atoms with Gasteiger partial charge >= 0.3 is 0 Å². The molecule has 3 rings (SSSR count). The summed E-state index contributed by atoms with van der Waals surface area (Å²) in [7, 11) is 0. The number of aromatic amines is 1. The zero-order valence-corrected chi connectivity index (χ0v) is 16.0. The summed E-state index contributed by atoms with van der Waals surface area (Å²) in [4.78, 5) is 26.7. The second kappa shape index (κ2) is 8.67. The molecule has 0 saturated heterocycles. The normalized spacial score (nSPS) is 10.9. The Morgan fingerprint density at radius 2 is 1.70 bits per heavy atom. The maximum absolute atomic E-state index is 12.2. The third kappa shape index (κ3) is 5.30. The Hall–Kier alpha value is -2.88. The summed E-state index contributed by atoms with van der Waals surface area (Å²) < 4.78 is 0. The fourth-order valence-electron chi connectivity index (χ4n) is 3.16. The minimum atomic E-state index is -0.0707. The molecule has 0 aliphatic carbocycles. The van der Waals surface area contributed by atoms with E-state index in [2.05, 4.69) is 41.5 Å². The molecule has 0 aliphatic heterocycles. The van der Waals surface area contributed by atoms with E-state index in [9.17, 15) is 9.59 Å². The van der Waals surface area contributed by atoms with E-state index in [0.717, 1.165) is 35.7 Å². The molecule has 0 bridgehead atoms. The highest BCUT2D eigenvalue weighted by Gasteiger charge is 2.05. The second-order valence-corrected chi connectivity index (χ2v) is 7.17. The zero-order valence-electron chi connectivity index (χ0n) is 16.0. The van der Waals surface area contributed by atoms with Crippen LogP contribution in [0.2, 0.25) is 0 Å². The Balaban J connectivity index is 1.45. The first-order chi connectivity index (χ1) is 13.0.